The first-order valence-electron chi connectivity index (χ1n) is 6.36. The lowest BCUT2D eigenvalue weighted by Crippen LogP contribution is -2.33. The highest BCUT2D eigenvalue weighted by Crippen LogP contribution is 2.57. The van der Waals surface area contributed by atoms with Crippen LogP contribution in [0.1, 0.15) is 27.2 Å². The Hall–Kier alpha value is -1.35. The van der Waals surface area contributed by atoms with Crippen LogP contribution in [0.5, 0.6) is 0 Å². The molecule has 3 aliphatic rings. The number of carbonyl (C=O) groups excluding carboxylic acids is 1. The molecule has 1 N–H and O–H groups in total. The van der Waals surface area contributed by atoms with E-state index in [1.807, 2.05) is 6.08 Å². The second-order valence-electron chi connectivity index (χ2n) is 6.35. The van der Waals surface area contributed by atoms with Crippen LogP contribution in [-0.4, -0.2) is 17.7 Å². The smallest absolute Gasteiger partial charge is 0.341 e. The maximum absolute atomic E-state index is 12.0. The average molecular weight is 246 g/mol. The molecule has 0 fully saturated rings. The van der Waals surface area contributed by atoms with Gasteiger partial charge in [-0.1, -0.05) is 32.9 Å². The zero-order chi connectivity index (χ0) is 13.1. The van der Waals surface area contributed by atoms with Crippen LogP contribution in [-0.2, 0) is 9.53 Å². The lowest BCUT2D eigenvalue weighted by Gasteiger charge is -2.40. The predicted molar refractivity (Wildman–Crippen MR) is 67.4 cm³/mol. The summed E-state index contributed by atoms with van der Waals surface area (Å²) < 4.78 is 5.48. The third-order valence-corrected chi connectivity index (χ3v) is 4.45. The van der Waals surface area contributed by atoms with Gasteiger partial charge in [0, 0.05) is 11.3 Å². The van der Waals surface area contributed by atoms with Gasteiger partial charge in [0.15, 0.2) is 0 Å². The average Bonchev–Trinajstić information content (AvgIpc) is 2.55. The molecule has 0 aromatic rings. The zero-order valence-corrected chi connectivity index (χ0v) is 11.0. The van der Waals surface area contributed by atoms with E-state index in [9.17, 15) is 9.90 Å². The molecule has 0 spiro atoms. The highest BCUT2D eigenvalue weighted by atomic mass is 16.5. The molecule has 18 heavy (non-hydrogen) atoms. The Morgan fingerprint density at radius 1 is 1.44 bits per heavy atom. The molecule has 0 aromatic carbocycles. The van der Waals surface area contributed by atoms with Crippen molar-refractivity contribution in [2.75, 3.05) is 6.61 Å². The Labute approximate surface area is 107 Å². The normalized spacial score (nSPS) is 36.3. The topological polar surface area (TPSA) is 46.5 Å². The molecule has 0 unspecified atom stereocenters. The van der Waals surface area contributed by atoms with E-state index >= 15 is 0 Å². The Balaban J connectivity index is 2.13. The van der Waals surface area contributed by atoms with E-state index < -0.39 is 5.97 Å². The van der Waals surface area contributed by atoms with Crippen molar-refractivity contribution in [3.8, 4) is 0 Å². The van der Waals surface area contributed by atoms with Crippen LogP contribution < -0.4 is 0 Å². The lowest BCUT2D eigenvalue weighted by atomic mass is 9.62. The first-order chi connectivity index (χ1) is 8.37. The molecule has 0 radical (unpaired) electrons. The molecule has 2 aliphatic carbocycles. The molecule has 0 aromatic heterocycles. The van der Waals surface area contributed by atoms with Crippen molar-refractivity contribution < 1.29 is 14.6 Å². The minimum absolute atomic E-state index is 0.0640. The van der Waals surface area contributed by atoms with Gasteiger partial charge in [-0.05, 0) is 23.5 Å². The van der Waals surface area contributed by atoms with Gasteiger partial charge in [0.25, 0.3) is 0 Å². The van der Waals surface area contributed by atoms with Gasteiger partial charge in [-0.25, -0.2) is 4.79 Å². The molecule has 3 heteroatoms. The van der Waals surface area contributed by atoms with Gasteiger partial charge in [0.2, 0.25) is 0 Å². The van der Waals surface area contributed by atoms with Gasteiger partial charge in [-0.2, -0.15) is 0 Å². The van der Waals surface area contributed by atoms with Crippen LogP contribution >= 0.6 is 0 Å². The highest BCUT2D eigenvalue weighted by Gasteiger charge is 2.51. The molecule has 0 bridgehead atoms. The molecule has 3 nitrogen and oxygen atoms in total. The zero-order valence-electron chi connectivity index (χ0n) is 11.0. The van der Waals surface area contributed by atoms with Crippen molar-refractivity contribution in [3.05, 3.63) is 35.1 Å². The van der Waals surface area contributed by atoms with Gasteiger partial charge < -0.3 is 9.84 Å². The third-order valence-electron chi connectivity index (χ3n) is 4.45. The van der Waals surface area contributed by atoms with Crippen molar-refractivity contribution >= 4 is 5.97 Å². The predicted octanol–water partition coefficient (Wildman–Crippen LogP) is 2.34. The number of hydrogen-bond donors (Lipinski definition) is 1. The lowest BCUT2D eigenvalue weighted by molar-refractivity contribution is -0.135. The molecule has 0 amide bonds. The van der Waals surface area contributed by atoms with Crippen LogP contribution in [0.3, 0.4) is 0 Å². The van der Waals surface area contributed by atoms with Gasteiger partial charge >= 0.3 is 5.97 Å². The van der Waals surface area contributed by atoms with Crippen molar-refractivity contribution in [1.29, 1.82) is 0 Å². The fourth-order valence-electron chi connectivity index (χ4n) is 3.37. The Morgan fingerprint density at radius 2 is 2.17 bits per heavy atom. The van der Waals surface area contributed by atoms with E-state index in [0.29, 0.717) is 5.57 Å². The number of aliphatic hydroxyl groups is 1. The number of rotatable bonds is 1. The molecule has 2 atom stereocenters. The summed E-state index contributed by atoms with van der Waals surface area (Å²) in [6.07, 6.45) is 7.09. The van der Waals surface area contributed by atoms with Crippen molar-refractivity contribution in [3.63, 3.8) is 0 Å². The number of carbonyl (C=O) groups is 1. The number of fused-ring (bicyclic) bond motifs is 3. The number of ether oxygens (including phenoxy) is 1. The van der Waals surface area contributed by atoms with Crippen LogP contribution in [0.15, 0.2) is 35.1 Å². The van der Waals surface area contributed by atoms with Crippen molar-refractivity contribution in [2.45, 2.75) is 27.2 Å². The van der Waals surface area contributed by atoms with Gasteiger partial charge in [0.05, 0.1) is 12.2 Å². The second kappa shape index (κ2) is 3.35. The third kappa shape index (κ3) is 1.37. The van der Waals surface area contributed by atoms with Crippen molar-refractivity contribution in [1.82, 2.24) is 0 Å². The molecule has 96 valence electrons. The fraction of sp³-hybridized carbons (Fsp3) is 0.533. The minimum Gasteiger partial charge on any atom is -0.428 e. The first kappa shape index (κ1) is 11.7. The summed E-state index contributed by atoms with van der Waals surface area (Å²) in [6, 6.07) is 0. The van der Waals surface area contributed by atoms with Gasteiger partial charge in [-0.15, -0.1) is 0 Å². The van der Waals surface area contributed by atoms with Crippen LogP contribution in [0, 0.1) is 16.7 Å². The Morgan fingerprint density at radius 3 is 2.72 bits per heavy atom. The number of hydrogen-bond acceptors (Lipinski definition) is 3. The van der Waals surface area contributed by atoms with Crippen LogP contribution in [0.25, 0.3) is 0 Å². The summed E-state index contributed by atoms with van der Waals surface area (Å²) in [5.41, 5.74) is 1.26. The maximum atomic E-state index is 12.0. The van der Waals surface area contributed by atoms with E-state index in [-0.39, 0.29) is 23.4 Å². The van der Waals surface area contributed by atoms with E-state index in [1.54, 1.807) is 0 Å². The molecule has 0 saturated heterocycles. The minimum atomic E-state index is -0.394. The number of allylic oxidation sites excluding steroid dienone is 5. The monoisotopic (exact) mass is 246 g/mol. The largest absolute Gasteiger partial charge is 0.428 e. The summed E-state index contributed by atoms with van der Waals surface area (Å²) in [5.74, 6) is 0.591. The summed E-state index contributed by atoms with van der Waals surface area (Å²) in [7, 11) is 0. The van der Waals surface area contributed by atoms with Crippen LogP contribution in [0.2, 0.25) is 0 Å². The van der Waals surface area contributed by atoms with Gasteiger partial charge in [0.1, 0.15) is 5.76 Å². The molecule has 0 saturated carbocycles. The first-order valence-corrected chi connectivity index (χ1v) is 6.36. The SMILES string of the molecule is CC1(C)C=C2OC(=O)C(CO)=C3C=C[C@]3(C)[C@H]2C1. The Kier molecular flexibility index (Phi) is 2.18. The number of aliphatic hydroxyl groups excluding tert-OH is 1. The summed E-state index contributed by atoms with van der Waals surface area (Å²) >= 11 is 0. The summed E-state index contributed by atoms with van der Waals surface area (Å²) in [6.45, 7) is 6.19. The highest BCUT2D eigenvalue weighted by molar-refractivity contribution is 5.92. The molecular formula is C15H18O3. The molecule has 3 rings (SSSR count). The van der Waals surface area contributed by atoms with Crippen molar-refractivity contribution in [2.24, 2.45) is 16.7 Å². The van der Waals surface area contributed by atoms with Crippen LogP contribution in [0.4, 0.5) is 0 Å². The van der Waals surface area contributed by atoms with E-state index in [4.69, 9.17) is 4.74 Å². The second-order valence-corrected chi connectivity index (χ2v) is 6.35. The van der Waals surface area contributed by atoms with E-state index in [1.165, 1.54) is 0 Å². The quantitative estimate of drug-likeness (QED) is 0.722. The summed E-state index contributed by atoms with van der Waals surface area (Å²) in [5, 5.41) is 9.38. The standard InChI is InChI=1S/C15H18O3/c1-14(2)6-11-12(7-14)18-13(17)9(8-16)10-4-5-15(10,11)3/h4-5,7,11,16H,6,8H2,1-3H3/t11-,15-/m0/s1. The maximum Gasteiger partial charge on any atom is 0.341 e. The number of esters is 1. The fourth-order valence-corrected chi connectivity index (χ4v) is 3.37. The Bertz CT molecular complexity index is 522. The molecular weight excluding hydrogens is 228 g/mol. The molecule has 1 aliphatic heterocycles. The van der Waals surface area contributed by atoms with E-state index in [2.05, 4.69) is 32.9 Å². The summed E-state index contributed by atoms with van der Waals surface area (Å²) in [4.78, 5) is 12.0. The van der Waals surface area contributed by atoms with Gasteiger partial charge in [-0.3, -0.25) is 0 Å². The van der Waals surface area contributed by atoms with E-state index in [0.717, 1.165) is 17.8 Å². The molecule has 1 heterocycles.